The van der Waals surface area contributed by atoms with Crippen LogP contribution in [0.5, 0.6) is 0 Å². The van der Waals surface area contributed by atoms with Crippen LogP contribution in [0.4, 0.5) is 0 Å². The molecule has 1 N–H and O–H groups in total. The molecule has 0 fully saturated rings. The molecular weight excluding hydrogens is 250 g/mol. The highest BCUT2D eigenvalue weighted by Crippen LogP contribution is 2.17. The normalized spacial score (nSPS) is 10.9. The largest absolute Gasteiger partial charge is 0.313 e. The minimum absolute atomic E-state index is 0.661. The number of hydrogen-bond acceptors (Lipinski definition) is 4. The van der Waals surface area contributed by atoms with Gasteiger partial charge in [0, 0.05) is 12.7 Å². The standard InChI is InChI=1S/C12H16ClN5/c1-4-14-6-10-5-12(15-7-11(10)13)18-9(3)16-8(2)17-18/h5,7,14H,4,6H2,1-3H3. The summed E-state index contributed by atoms with van der Waals surface area (Å²) in [6, 6.07) is 1.94. The first kappa shape index (κ1) is 13.0. The van der Waals surface area contributed by atoms with Crippen LogP contribution >= 0.6 is 11.6 Å². The van der Waals surface area contributed by atoms with Gasteiger partial charge in [0.25, 0.3) is 0 Å². The van der Waals surface area contributed by atoms with Crippen molar-refractivity contribution in [3.05, 3.63) is 34.5 Å². The van der Waals surface area contributed by atoms with Crippen LogP contribution in [-0.2, 0) is 6.54 Å². The molecule has 0 aliphatic carbocycles. The Morgan fingerprint density at radius 1 is 1.39 bits per heavy atom. The number of nitrogens with one attached hydrogen (secondary N) is 1. The summed E-state index contributed by atoms with van der Waals surface area (Å²) in [5.74, 6) is 2.29. The first-order chi connectivity index (χ1) is 8.61. The molecule has 18 heavy (non-hydrogen) atoms. The average molecular weight is 266 g/mol. The minimum Gasteiger partial charge on any atom is -0.313 e. The quantitative estimate of drug-likeness (QED) is 0.919. The van der Waals surface area contributed by atoms with Gasteiger partial charge in [-0.05, 0) is 32.0 Å². The summed E-state index contributed by atoms with van der Waals surface area (Å²) in [6.07, 6.45) is 1.65. The Hall–Kier alpha value is -1.46. The van der Waals surface area contributed by atoms with Gasteiger partial charge in [-0.25, -0.2) is 9.97 Å². The van der Waals surface area contributed by atoms with Crippen LogP contribution in [0.15, 0.2) is 12.3 Å². The lowest BCUT2D eigenvalue weighted by molar-refractivity contribution is 0.722. The van der Waals surface area contributed by atoms with E-state index in [4.69, 9.17) is 11.6 Å². The maximum absolute atomic E-state index is 6.12. The summed E-state index contributed by atoms with van der Waals surface area (Å²) in [7, 11) is 0. The number of hydrogen-bond donors (Lipinski definition) is 1. The van der Waals surface area contributed by atoms with Gasteiger partial charge in [0.05, 0.1) is 5.02 Å². The van der Waals surface area contributed by atoms with Gasteiger partial charge in [-0.2, -0.15) is 4.68 Å². The fourth-order valence-corrected chi connectivity index (χ4v) is 1.89. The number of aryl methyl sites for hydroxylation is 2. The lowest BCUT2D eigenvalue weighted by atomic mass is 10.2. The third-order valence-corrected chi connectivity index (χ3v) is 2.92. The molecule has 0 spiro atoms. The second-order valence-electron chi connectivity index (χ2n) is 4.03. The second-order valence-corrected chi connectivity index (χ2v) is 4.44. The van der Waals surface area contributed by atoms with Gasteiger partial charge in [-0.3, -0.25) is 0 Å². The van der Waals surface area contributed by atoms with Crippen molar-refractivity contribution >= 4 is 11.6 Å². The maximum atomic E-state index is 6.12. The third kappa shape index (κ3) is 2.68. The van der Waals surface area contributed by atoms with Crippen molar-refractivity contribution in [2.75, 3.05) is 6.54 Å². The molecule has 2 rings (SSSR count). The SMILES string of the molecule is CCNCc1cc(-n2nc(C)nc2C)ncc1Cl. The van der Waals surface area contributed by atoms with Crippen LogP contribution in [0.25, 0.3) is 5.82 Å². The predicted molar refractivity (Wildman–Crippen MR) is 71.0 cm³/mol. The monoisotopic (exact) mass is 265 g/mol. The molecule has 0 amide bonds. The van der Waals surface area contributed by atoms with E-state index in [-0.39, 0.29) is 0 Å². The number of pyridine rings is 1. The zero-order valence-electron chi connectivity index (χ0n) is 10.7. The zero-order valence-corrected chi connectivity index (χ0v) is 11.5. The number of nitrogens with zero attached hydrogens (tertiary/aromatic N) is 4. The molecule has 0 atom stereocenters. The summed E-state index contributed by atoms with van der Waals surface area (Å²) < 4.78 is 1.72. The van der Waals surface area contributed by atoms with Gasteiger partial charge in [-0.15, -0.1) is 5.10 Å². The lowest BCUT2D eigenvalue weighted by Gasteiger charge is -2.08. The van der Waals surface area contributed by atoms with Crippen LogP contribution in [-0.4, -0.2) is 26.3 Å². The molecule has 0 saturated carbocycles. The highest BCUT2D eigenvalue weighted by Gasteiger charge is 2.09. The predicted octanol–water partition coefficient (Wildman–Crippen LogP) is 2.04. The summed E-state index contributed by atoms with van der Waals surface area (Å²) in [5.41, 5.74) is 1.01. The molecule has 96 valence electrons. The summed E-state index contributed by atoms with van der Waals surface area (Å²) in [6.45, 7) is 7.44. The molecule has 0 saturated heterocycles. The molecule has 2 aromatic rings. The van der Waals surface area contributed by atoms with Crippen molar-refractivity contribution < 1.29 is 0 Å². The molecule has 0 aliphatic heterocycles. The number of aromatic nitrogens is 4. The Labute approximate surface area is 111 Å². The van der Waals surface area contributed by atoms with Crippen molar-refractivity contribution in [1.82, 2.24) is 25.1 Å². The van der Waals surface area contributed by atoms with E-state index in [1.165, 1.54) is 0 Å². The molecule has 0 aliphatic rings. The van der Waals surface area contributed by atoms with E-state index in [0.29, 0.717) is 5.02 Å². The van der Waals surface area contributed by atoms with E-state index in [9.17, 15) is 0 Å². The van der Waals surface area contributed by atoms with E-state index in [2.05, 4.69) is 27.3 Å². The van der Waals surface area contributed by atoms with E-state index < -0.39 is 0 Å². The van der Waals surface area contributed by atoms with Gasteiger partial charge < -0.3 is 5.32 Å². The molecule has 2 heterocycles. The van der Waals surface area contributed by atoms with Crippen molar-refractivity contribution in [3.63, 3.8) is 0 Å². The maximum Gasteiger partial charge on any atom is 0.155 e. The molecule has 0 unspecified atom stereocenters. The van der Waals surface area contributed by atoms with Gasteiger partial charge in [0.2, 0.25) is 0 Å². The fourth-order valence-electron chi connectivity index (χ4n) is 1.72. The Kier molecular flexibility index (Phi) is 3.93. The topological polar surface area (TPSA) is 55.6 Å². The summed E-state index contributed by atoms with van der Waals surface area (Å²) in [5, 5.41) is 8.22. The molecule has 0 aromatic carbocycles. The van der Waals surface area contributed by atoms with Crippen LogP contribution < -0.4 is 5.32 Å². The second kappa shape index (κ2) is 5.46. The number of halogens is 1. The van der Waals surface area contributed by atoms with Crippen LogP contribution in [0.3, 0.4) is 0 Å². The fraction of sp³-hybridized carbons (Fsp3) is 0.417. The highest BCUT2D eigenvalue weighted by molar-refractivity contribution is 6.31. The van der Waals surface area contributed by atoms with Gasteiger partial charge >= 0.3 is 0 Å². The Morgan fingerprint density at radius 2 is 2.17 bits per heavy atom. The van der Waals surface area contributed by atoms with E-state index >= 15 is 0 Å². The van der Waals surface area contributed by atoms with Crippen molar-refractivity contribution in [2.24, 2.45) is 0 Å². The molecule has 5 nitrogen and oxygen atoms in total. The van der Waals surface area contributed by atoms with Crippen LogP contribution in [0.1, 0.15) is 24.1 Å². The molecule has 6 heteroatoms. The third-order valence-electron chi connectivity index (χ3n) is 2.58. The van der Waals surface area contributed by atoms with Gasteiger partial charge in [-0.1, -0.05) is 18.5 Å². The minimum atomic E-state index is 0.661. The zero-order chi connectivity index (χ0) is 13.1. The van der Waals surface area contributed by atoms with Crippen LogP contribution in [0.2, 0.25) is 5.02 Å². The Bertz CT molecular complexity index is 549. The lowest BCUT2D eigenvalue weighted by Crippen LogP contribution is -2.13. The molecule has 0 bridgehead atoms. The van der Waals surface area contributed by atoms with E-state index in [1.807, 2.05) is 19.9 Å². The smallest absolute Gasteiger partial charge is 0.155 e. The van der Waals surface area contributed by atoms with Crippen molar-refractivity contribution in [1.29, 1.82) is 0 Å². The first-order valence-electron chi connectivity index (χ1n) is 5.87. The first-order valence-corrected chi connectivity index (χ1v) is 6.25. The van der Waals surface area contributed by atoms with Gasteiger partial charge in [0.15, 0.2) is 5.82 Å². The summed E-state index contributed by atoms with van der Waals surface area (Å²) in [4.78, 5) is 8.56. The summed E-state index contributed by atoms with van der Waals surface area (Å²) >= 11 is 6.12. The molecule has 0 radical (unpaired) electrons. The Morgan fingerprint density at radius 3 is 2.78 bits per heavy atom. The molecule has 2 aromatic heterocycles. The molecular formula is C12H16ClN5. The van der Waals surface area contributed by atoms with Crippen molar-refractivity contribution in [2.45, 2.75) is 27.3 Å². The Balaban J connectivity index is 2.37. The van der Waals surface area contributed by atoms with Crippen LogP contribution in [0, 0.1) is 13.8 Å². The number of rotatable bonds is 4. The van der Waals surface area contributed by atoms with E-state index in [1.54, 1.807) is 10.9 Å². The average Bonchev–Trinajstić information content (AvgIpc) is 2.67. The van der Waals surface area contributed by atoms with E-state index in [0.717, 1.165) is 36.1 Å². The van der Waals surface area contributed by atoms with Crippen molar-refractivity contribution in [3.8, 4) is 5.82 Å². The van der Waals surface area contributed by atoms with Gasteiger partial charge in [0.1, 0.15) is 11.6 Å². The highest BCUT2D eigenvalue weighted by atomic mass is 35.5.